The SMILES string of the molecule is CC(OC(=O)C1CCCN(S(=O)(=O)c2cccs2)C1)C(=O)N(C)C. The number of amides is 1. The second-order valence-electron chi connectivity index (χ2n) is 5.95. The Labute approximate surface area is 146 Å². The van der Waals surface area contributed by atoms with Gasteiger partial charge in [-0.05, 0) is 31.2 Å². The number of carbonyl (C=O) groups is 2. The standard InChI is InChI=1S/C15H22N2O5S2/c1-11(14(18)16(2)3)22-15(19)12-6-4-8-17(10-12)24(20,21)13-7-5-9-23-13/h5,7,9,11-12H,4,6,8,10H2,1-3H3. The molecule has 1 amide bonds. The quantitative estimate of drug-likeness (QED) is 0.723. The highest BCUT2D eigenvalue weighted by atomic mass is 32.2. The van der Waals surface area contributed by atoms with Crippen LogP contribution in [-0.2, 0) is 24.3 Å². The predicted octanol–water partition coefficient (Wildman–Crippen LogP) is 1.17. The number of rotatable bonds is 5. The molecule has 24 heavy (non-hydrogen) atoms. The summed E-state index contributed by atoms with van der Waals surface area (Å²) in [6, 6.07) is 3.24. The minimum atomic E-state index is -3.57. The molecule has 134 valence electrons. The van der Waals surface area contributed by atoms with Gasteiger partial charge in [0.1, 0.15) is 4.21 Å². The lowest BCUT2D eigenvalue weighted by Crippen LogP contribution is -2.44. The molecule has 1 saturated heterocycles. The molecule has 2 rings (SSSR count). The van der Waals surface area contributed by atoms with E-state index in [-0.39, 0.29) is 16.7 Å². The molecule has 0 aromatic carbocycles. The highest BCUT2D eigenvalue weighted by molar-refractivity contribution is 7.91. The van der Waals surface area contributed by atoms with Crippen molar-refractivity contribution in [3.63, 3.8) is 0 Å². The van der Waals surface area contributed by atoms with Crippen LogP contribution in [0.3, 0.4) is 0 Å². The number of sulfonamides is 1. The molecular formula is C15H22N2O5S2. The van der Waals surface area contributed by atoms with Crippen LogP contribution in [0.4, 0.5) is 0 Å². The molecule has 0 N–H and O–H groups in total. The Bertz CT molecular complexity index is 685. The minimum absolute atomic E-state index is 0.0853. The van der Waals surface area contributed by atoms with Gasteiger partial charge in [-0.1, -0.05) is 6.07 Å². The van der Waals surface area contributed by atoms with E-state index >= 15 is 0 Å². The minimum Gasteiger partial charge on any atom is -0.452 e. The van der Waals surface area contributed by atoms with Crippen molar-refractivity contribution in [1.29, 1.82) is 0 Å². The van der Waals surface area contributed by atoms with E-state index in [9.17, 15) is 18.0 Å². The van der Waals surface area contributed by atoms with Crippen LogP contribution < -0.4 is 0 Å². The molecule has 2 unspecified atom stereocenters. The zero-order valence-corrected chi connectivity index (χ0v) is 15.6. The second-order valence-corrected chi connectivity index (χ2v) is 9.06. The maximum atomic E-state index is 12.6. The number of hydrogen-bond acceptors (Lipinski definition) is 6. The largest absolute Gasteiger partial charge is 0.452 e. The normalized spacial score (nSPS) is 20.4. The van der Waals surface area contributed by atoms with Crippen LogP contribution in [0.15, 0.2) is 21.7 Å². The van der Waals surface area contributed by atoms with Crippen molar-refractivity contribution in [2.75, 3.05) is 27.2 Å². The maximum absolute atomic E-state index is 12.6. The number of likely N-dealkylation sites (N-methyl/N-ethyl adjacent to an activating group) is 1. The molecule has 1 aromatic rings. The van der Waals surface area contributed by atoms with E-state index in [4.69, 9.17) is 4.74 Å². The average Bonchev–Trinajstić information content (AvgIpc) is 3.09. The predicted molar refractivity (Wildman–Crippen MR) is 90.0 cm³/mol. The van der Waals surface area contributed by atoms with Gasteiger partial charge in [0.15, 0.2) is 6.10 Å². The fraction of sp³-hybridized carbons (Fsp3) is 0.600. The molecule has 2 atom stereocenters. The second kappa shape index (κ2) is 7.62. The van der Waals surface area contributed by atoms with Gasteiger partial charge >= 0.3 is 5.97 Å². The van der Waals surface area contributed by atoms with Crippen molar-refractivity contribution in [2.24, 2.45) is 5.92 Å². The summed E-state index contributed by atoms with van der Waals surface area (Å²) in [6.07, 6.45) is 0.259. The maximum Gasteiger partial charge on any atom is 0.311 e. The molecule has 0 bridgehead atoms. The topological polar surface area (TPSA) is 84.0 Å². The van der Waals surface area contributed by atoms with Crippen LogP contribution in [0.25, 0.3) is 0 Å². The van der Waals surface area contributed by atoms with Gasteiger partial charge in [0.25, 0.3) is 15.9 Å². The third kappa shape index (κ3) is 4.14. The van der Waals surface area contributed by atoms with Crippen LogP contribution in [0.1, 0.15) is 19.8 Å². The van der Waals surface area contributed by atoms with Crippen molar-refractivity contribution in [3.8, 4) is 0 Å². The van der Waals surface area contributed by atoms with Crippen molar-refractivity contribution < 1.29 is 22.7 Å². The van der Waals surface area contributed by atoms with Gasteiger partial charge in [-0.3, -0.25) is 9.59 Å². The van der Waals surface area contributed by atoms with Gasteiger partial charge in [0.2, 0.25) is 0 Å². The summed E-state index contributed by atoms with van der Waals surface area (Å²) >= 11 is 1.15. The lowest BCUT2D eigenvalue weighted by molar-refractivity contribution is -0.162. The summed E-state index contributed by atoms with van der Waals surface area (Å²) in [4.78, 5) is 25.4. The molecule has 1 aliphatic heterocycles. The average molecular weight is 374 g/mol. The van der Waals surface area contributed by atoms with E-state index in [2.05, 4.69) is 0 Å². The smallest absolute Gasteiger partial charge is 0.311 e. The molecule has 1 fully saturated rings. The number of esters is 1. The summed E-state index contributed by atoms with van der Waals surface area (Å²) in [5, 5.41) is 1.71. The Morgan fingerprint density at radius 3 is 2.71 bits per heavy atom. The Hall–Kier alpha value is -1.45. The summed E-state index contributed by atoms with van der Waals surface area (Å²) in [6.45, 7) is 1.99. The summed E-state index contributed by atoms with van der Waals surface area (Å²) in [7, 11) is -0.403. The van der Waals surface area contributed by atoms with Crippen molar-refractivity contribution in [3.05, 3.63) is 17.5 Å². The van der Waals surface area contributed by atoms with Gasteiger partial charge in [-0.15, -0.1) is 11.3 Å². The monoisotopic (exact) mass is 374 g/mol. The number of piperidine rings is 1. The fourth-order valence-electron chi connectivity index (χ4n) is 2.58. The fourth-order valence-corrected chi connectivity index (χ4v) is 5.24. The highest BCUT2D eigenvalue weighted by Crippen LogP contribution is 2.27. The third-order valence-corrected chi connectivity index (χ3v) is 7.13. The van der Waals surface area contributed by atoms with Crippen LogP contribution >= 0.6 is 11.3 Å². The first kappa shape index (κ1) is 18.9. The number of hydrogen-bond donors (Lipinski definition) is 0. The van der Waals surface area contributed by atoms with E-state index in [1.165, 1.54) is 16.1 Å². The molecule has 1 aromatic heterocycles. The zero-order chi connectivity index (χ0) is 17.9. The van der Waals surface area contributed by atoms with Crippen molar-refractivity contribution >= 4 is 33.2 Å². The summed E-state index contributed by atoms with van der Waals surface area (Å²) in [5.74, 6) is -1.38. The van der Waals surface area contributed by atoms with E-state index in [0.29, 0.717) is 19.4 Å². The van der Waals surface area contributed by atoms with Gasteiger partial charge in [0, 0.05) is 27.2 Å². The lowest BCUT2D eigenvalue weighted by atomic mass is 10.00. The number of ether oxygens (including phenoxy) is 1. The van der Waals surface area contributed by atoms with Crippen LogP contribution in [-0.4, -0.2) is 62.8 Å². The Morgan fingerprint density at radius 2 is 2.12 bits per heavy atom. The molecule has 0 spiro atoms. The Kier molecular flexibility index (Phi) is 6.00. The van der Waals surface area contributed by atoms with E-state index in [0.717, 1.165) is 11.3 Å². The molecular weight excluding hydrogens is 352 g/mol. The van der Waals surface area contributed by atoms with Crippen molar-refractivity contribution in [2.45, 2.75) is 30.1 Å². The first-order valence-electron chi connectivity index (χ1n) is 7.68. The van der Waals surface area contributed by atoms with Crippen LogP contribution in [0.2, 0.25) is 0 Å². The molecule has 2 heterocycles. The van der Waals surface area contributed by atoms with Gasteiger partial charge in [-0.2, -0.15) is 4.31 Å². The lowest BCUT2D eigenvalue weighted by Gasteiger charge is -2.31. The molecule has 0 radical (unpaired) electrons. The summed E-state index contributed by atoms with van der Waals surface area (Å²) in [5.41, 5.74) is 0. The van der Waals surface area contributed by atoms with Crippen molar-refractivity contribution in [1.82, 2.24) is 9.21 Å². The van der Waals surface area contributed by atoms with E-state index < -0.39 is 28.0 Å². The number of nitrogens with zero attached hydrogens (tertiary/aromatic N) is 2. The Balaban J connectivity index is 2.03. The third-order valence-electron chi connectivity index (χ3n) is 3.89. The summed E-state index contributed by atoms with van der Waals surface area (Å²) < 4.78 is 31.9. The molecule has 0 saturated carbocycles. The molecule has 9 heteroatoms. The van der Waals surface area contributed by atoms with E-state index in [1.807, 2.05) is 0 Å². The Morgan fingerprint density at radius 1 is 1.42 bits per heavy atom. The highest BCUT2D eigenvalue weighted by Gasteiger charge is 2.35. The number of carbonyl (C=O) groups excluding carboxylic acids is 2. The zero-order valence-electron chi connectivity index (χ0n) is 14.0. The number of thiophene rings is 1. The van der Waals surface area contributed by atoms with Gasteiger partial charge in [-0.25, -0.2) is 8.42 Å². The molecule has 0 aliphatic carbocycles. The van der Waals surface area contributed by atoms with Crippen LogP contribution in [0.5, 0.6) is 0 Å². The molecule has 1 aliphatic rings. The molecule has 7 nitrogen and oxygen atoms in total. The van der Waals surface area contributed by atoms with Gasteiger partial charge < -0.3 is 9.64 Å². The first-order valence-corrected chi connectivity index (χ1v) is 10.0. The first-order chi connectivity index (χ1) is 11.2. The van der Waals surface area contributed by atoms with E-state index in [1.54, 1.807) is 31.6 Å². The van der Waals surface area contributed by atoms with Crippen LogP contribution in [0, 0.1) is 5.92 Å². The van der Waals surface area contributed by atoms with Gasteiger partial charge in [0.05, 0.1) is 5.92 Å².